The summed E-state index contributed by atoms with van der Waals surface area (Å²) in [5, 5.41) is 12.8. The summed E-state index contributed by atoms with van der Waals surface area (Å²) in [5.74, 6) is -0.464. The van der Waals surface area contributed by atoms with E-state index in [9.17, 15) is 9.59 Å². The molecule has 1 saturated carbocycles. The van der Waals surface area contributed by atoms with Gasteiger partial charge in [0.05, 0.1) is 10.7 Å². The molecule has 0 bridgehead atoms. The fraction of sp³-hybridized carbons (Fsp3) is 0.421. The molecule has 0 aliphatic heterocycles. The molecular weight excluding hydrogens is 336 g/mol. The van der Waals surface area contributed by atoms with E-state index in [4.69, 9.17) is 5.11 Å². The fourth-order valence-corrected chi connectivity index (χ4v) is 4.35. The quantitative estimate of drug-likeness (QED) is 0.803. The van der Waals surface area contributed by atoms with Gasteiger partial charge in [0.2, 0.25) is 0 Å². The Morgan fingerprint density at radius 2 is 2.08 bits per heavy atom. The first-order valence-corrected chi connectivity index (χ1v) is 9.44. The average Bonchev–Trinajstić information content (AvgIpc) is 3.22. The third-order valence-corrected chi connectivity index (χ3v) is 5.85. The summed E-state index contributed by atoms with van der Waals surface area (Å²) in [6.45, 7) is 1.88. The van der Waals surface area contributed by atoms with Crippen LogP contribution >= 0.6 is 11.3 Å². The number of anilines is 1. The molecule has 1 aliphatic carbocycles. The second kappa shape index (κ2) is 7.78. The van der Waals surface area contributed by atoms with Crippen LogP contribution in [-0.4, -0.2) is 22.0 Å². The van der Waals surface area contributed by atoms with Gasteiger partial charge in [-0.3, -0.25) is 9.59 Å². The molecule has 0 spiro atoms. The molecule has 0 saturated heterocycles. The third-order valence-electron chi connectivity index (χ3n) is 4.54. The Hall–Kier alpha value is -2.21. The SMILES string of the molecule is Cc1nc(C2CCCC2)sc1C(=O)Nc1cccc(CCC(=O)O)c1. The highest BCUT2D eigenvalue weighted by molar-refractivity contribution is 7.14. The van der Waals surface area contributed by atoms with E-state index < -0.39 is 5.97 Å². The van der Waals surface area contributed by atoms with Gasteiger partial charge in [-0.25, -0.2) is 4.98 Å². The molecule has 5 nitrogen and oxygen atoms in total. The second-order valence-electron chi connectivity index (χ2n) is 6.50. The number of carbonyl (C=O) groups excluding carboxylic acids is 1. The van der Waals surface area contributed by atoms with E-state index >= 15 is 0 Å². The normalized spacial score (nSPS) is 14.6. The van der Waals surface area contributed by atoms with Gasteiger partial charge in [0, 0.05) is 18.0 Å². The number of aryl methyl sites for hydroxylation is 2. The maximum Gasteiger partial charge on any atom is 0.303 e. The van der Waals surface area contributed by atoms with Crippen molar-refractivity contribution in [3.63, 3.8) is 0 Å². The molecule has 132 valence electrons. The van der Waals surface area contributed by atoms with E-state index in [1.807, 2.05) is 31.2 Å². The van der Waals surface area contributed by atoms with Crippen LogP contribution in [0.4, 0.5) is 5.69 Å². The molecule has 25 heavy (non-hydrogen) atoms. The zero-order valence-corrected chi connectivity index (χ0v) is 15.1. The molecule has 1 fully saturated rings. The van der Waals surface area contributed by atoms with E-state index in [2.05, 4.69) is 10.3 Å². The number of benzene rings is 1. The molecule has 0 atom stereocenters. The lowest BCUT2D eigenvalue weighted by Crippen LogP contribution is -2.11. The van der Waals surface area contributed by atoms with Gasteiger partial charge in [-0.05, 0) is 43.9 Å². The third kappa shape index (κ3) is 4.45. The molecule has 3 rings (SSSR count). The number of nitrogens with one attached hydrogen (secondary N) is 1. The van der Waals surface area contributed by atoms with E-state index in [0.29, 0.717) is 22.9 Å². The molecule has 1 aromatic heterocycles. The number of nitrogens with zero attached hydrogens (tertiary/aromatic N) is 1. The molecule has 2 N–H and O–H groups in total. The first kappa shape index (κ1) is 17.6. The van der Waals surface area contributed by atoms with Gasteiger partial charge in [-0.2, -0.15) is 0 Å². The Morgan fingerprint density at radius 3 is 2.80 bits per heavy atom. The molecule has 1 aromatic carbocycles. The summed E-state index contributed by atoms with van der Waals surface area (Å²) >= 11 is 1.50. The standard InChI is InChI=1S/C19H22N2O3S/c1-12-17(25-19(20-12)14-6-2-3-7-14)18(24)21-15-8-4-5-13(11-15)9-10-16(22)23/h4-5,8,11,14H,2-3,6-7,9-10H2,1H3,(H,21,24)(H,22,23). The van der Waals surface area contributed by atoms with E-state index in [0.717, 1.165) is 16.3 Å². The Labute approximate surface area is 151 Å². The number of carboxylic acids is 1. The number of carbonyl (C=O) groups is 2. The summed E-state index contributed by atoms with van der Waals surface area (Å²) in [7, 11) is 0. The Balaban J connectivity index is 1.69. The topological polar surface area (TPSA) is 79.3 Å². The van der Waals surface area contributed by atoms with Crippen molar-refractivity contribution in [2.24, 2.45) is 0 Å². The molecule has 1 amide bonds. The average molecular weight is 358 g/mol. The molecule has 0 unspecified atom stereocenters. The summed E-state index contributed by atoms with van der Waals surface area (Å²) in [6, 6.07) is 7.34. The van der Waals surface area contributed by atoms with Crippen LogP contribution < -0.4 is 5.32 Å². The number of amides is 1. The van der Waals surface area contributed by atoms with Gasteiger partial charge in [-0.15, -0.1) is 11.3 Å². The van der Waals surface area contributed by atoms with Crippen molar-refractivity contribution in [2.45, 2.75) is 51.4 Å². The lowest BCUT2D eigenvalue weighted by molar-refractivity contribution is -0.136. The zero-order valence-electron chi connectivity index (χ0n) is 14.2. The van der Waals surface area contributed by atoms with Gasteiger partial charge < -0.3 is 10.4 Å². The summed E-state index contributed by atoms with van der Waals surface area (Å²) < 4.78 is 0. The van der Waals surface area contributed by atoms with Crippen molar-refractivity contribution in [3.8, 4) is 0 Å². The van der Waals surface area contributed by atoms with E-state index in [1.165, 1.54) is 37.0 Å². The smallest absolute Gasteiger partial charge is 0.303 e. The van der Waals surface area contributed by atoms with Gasteiger partial charge in [0.15, 0.2) is 0 Å². The highest BCUT2D eigenvalue weighted by Gasteiger charge is 2.23. The van der Waals surface area contributed by atoms with Crippen molar-refractivity contribution >= 4 is 28.9 Å². The lowest BCUT2D eigenvalue weighted by Gasteiger charge is -2.06. The largest absolute Gasteiger partial charge is 0.481 e. The Morgan fingerprint density at radius 1 is 1.32 bits per heavy atom. The number of thiazole rings is 1. The minimum Gasteiger partial charge on any atom is -0.481 e. The molecule has 1 aliphatic rings. The van der Waals surface area contributed by atoms with Gasteiger partial charge >= 0.3 is 5.97 Å². The van der Waals surface area contributed by atoms with Crippen LogP contribution in [0.3, 0.4) is 0 Å². The summed E-state index contributed by atoms with van der Waals surface area (Å²) in [4.78, 5) is 28.6. The van der Waals surface area contributed by atoms with Crippen molar-refractivity contribution in [1.29, 1.82) is 0 Å². The Bertz CT molecular complexity index is 779. The highest BCUT2D eigenvalue weighted by atomic mass is 32.1. The fourth-order valence-electron chi connectivity index (χ4n) is 3.22. The van der Waals surface area contributed by atoms with Crippen LogP contribution in [-0.2, 0) is 11.2 Å². The van der Waals surface area contributed by atoms with Gasteiger partial charge in [0.1, 0.15) is 4.88 Å². The molecule has 0 radical (unpaired) electrons. The maximum absolute atomic E-state index is 12.6. The molecule has 1 heterocycles. The minimum atomic E-state index is -0.825. The second-order valence-corrected chi connectivity index (χ2v) is 7.53. The van der Waals surface area contributed by atoms with Crippen molar-refractivity contribution in [2.75, 3.05) is 5.32 Å². The maximum atomic E-state index is 12.6. The van der Waals surface area contributed by atoms with Gasteiger partial charge in [-0.1, -0.05) is 25.0 Å². The number of aromatic nitrogens is 1. The van der Waals surface area contributed by atoms with Crippen LogP contribution in [0.2, 0.25) is 0 Å². The van der Waals surface area contributed by atoms with Crippen LogP contribution in [0.25, 0.3) is 0 Å². The molecule has 6 heteroatoms. The van der Waals surface area contributed by atoms with Crippen LogP contribution in [0, 0.1) is 6.92 Å². The van der Waals surface area contributed by atoms with Crippen LogP contribution in [0.5, 0.6) is 0 Å². The number of hydrogen-bond acceptors (Lipinski definition) is 4. The van der Waals surface area contributed by atoms with E-state index in [1.54, 1.807) is 0 Å². The van der Waals surface area contributed by atoms with Crippen LogP contribution in [0.1, 0.15) is 64.0 Å². The first-order valence-electron chi connectivity index (χ1n) is 8.62. The van der Waals surface area contributed by atoms with E-state index in [-0.39, 0.29) is 12.3 Å². The summed E-state index contributed by atoms with van der Waals surface area (Å²) in [5.41, 5.74) is 2.36. The predicted octanol–water partition coefficient (Wildman–Crippen LogP) is 4.38. The molecular formula is C19H22N2O3S. The van der Waals surface area contributed by atoms with Crippen molar-refractivity contribution < 1.29 is 14.7 Å². The summed E-state index contributed by atoms with van der Waals surface area (Å²) in [6.07, 6.45) is 5.35. The monoisotopic (exact) mass is 358 g/mol. The number of rotatable bonds is 6. The number of carboxylic acid groups (broad SMARTS) is 1. The number of aliphatic carboxylic acids is 1. The first-order chi connectivity index (χ1) is 12.0. The van der Waals surface area contributed by atoms with Crippen molar-refractivity contribution in [1.82, 2.24) is 4.98 Å². The molecule has 2 aromatic rings. The van der Waals surface area contributed by atoms with Gasteiger partial charge in [0.25, 0.3) is 5.91 Å². The Kier molecular flexibility index (Phi) is 5.48. The minimum absolute atomic E-state index is 0.0795. The van der Waals surface area contributed by atoms with Crippen molar-refractivity contribution in [3.05, 3.63) is 45.4 Å². The predicted molar refractivity (Wildman–Crippen MR) is 98.4 cm³/mol. The highest BCUT2D eigenvalue weighted by Crippen LogP contribution is 2.37. The zero-order chi connectivity index (χ0) is 17.8. The number of hydrogen-bond donors (Lipinski definition) is 2. The van der Waals surface area contributed by atoms with Crippen LogP contribution in [0.15, 0.2) is 24.3 Å². The lowest BCUT2D eigenvalue weighted by atomic mass is 10.1.